The van der Waals surface area contributed by atoms with E-state index in [9.17, 15) is 0 Å². The molecule has 1 N–H and O–H groups in total. The fraction of sp³-hybridized carbons (Fsp3) is 0.625. The molecular weight excluding hydrogens is 206 g/mol. The average molecular weight is 231 g/mol. The predicted molar refractivity (Wildman–Crippen MR) is 74.6 cm³/mol. The highest BCUT2D eigenvalue weighted by Crippen LogP contribution is 2.33. The second kappa shape index (κ2) is 5.68. The molecule has 1 heteroatoms. The summed E-state index contributed by atoms with van der Waals surface area (Å²) in [5.74, 6) is 1.35. The molecule has 94 valence electrons. The van der Waals surface area contributed by atoms with Crippen LogP contribution in [0.5, 0.6) is 0 Å². The molecule has 1 aliphatic rings. The third-order valence-corrected chi connectivity index (χ3v) is 4.17. The SMILES string of the molecule is CNC1CCCCC1c1ccc(C(C)C)cc1. The number of likely N-dealkylation sites (N-methyl/N-ethyl adjacent to an activating group) is 1. The van der Waals surface area contributed by atoms with Crippen LogP contribution in [0.1, 0.15) is 62.5 Å². The Morgan fingerprint density at radius 3 is 2.29 bits per heavy atom. The quantitative estimate of drug-likeness (QED) is 0.827. The summed E-state index contributed by atoms with van der Waals surface area (Å²) in [7, 11) is 2.10. The van der Waals surface area contributed by atoms with Crippen LogP contribution in [0.2, 0.25) is 0 Å². The highest BCUT2D eigenvalue weighted by Gasteiger charge is 2.24. The van der Waals surface area contributed by atoms with Gasteiger partial charge in [0.1, 0.15) is 0 Å². The van der Waals surface area contributed by atoms with Crippen LogP contribution >= 0.6 is 0 Å². The Balaban J connectivity index is 2.15. The third kappa shape index (κ3) is 2.90. The van der Waals surface area contributed by atoms with Crippen LogP contribution in [0.15, 0.2) is 24.3 Å². The van der Waals surface area contributed by atoms with E-state index in [4.69, 9.17) is 0 Å². The molecule has 2 rings (SSSR count). The van der Waals surface area contributed by atoms with Crippen molar-refractivity contribution in [2.45, 2.75) is 57.4 Å². The fourth-order valence-corrected chi connectivity index (χ4v) is 3.00. The van der Waals surface area contributed by atoms with Gasteiger partial charge < -0.3 is 5.32 Å². The summed E-state index contributed by atoms with van der Waals surface area (Å²) in [5.41, 5.74) is 2.97. The summed E-state index contributed by atoms with van der Waals surface area (Å²) in [5, 5.41) is 3.49. The lowest BCUT2D eigenvalue weighted by Crippen LogP contribution is -2.34. The number of hydrogen-bond donors (Lipinski definition) is 1. The molecule has 0 heterocycles. The molecule has 1 saturated carbocycles. The van der Waals surface area contributed by atoms with Crippen molar-refractivity contribution in [1.29, 1.82) is 0 Å². The van der Waals surface area contributed by atoms with Gasteiger partial charge in [0, 0.05) is 6.04 Å². The Labute approximate surface area is 106 Å². The van der Waals surface area contributed by atoms with Crippen LogP contribution in [-0.4, -0.2) is 13.1 Å². The minimum atomic E-state index is 0.635. The smallest absolute Gasteiger partial charge is 0.0133 e. The second-order valence-corrected chi connectivity index (χ2v) is 5.61. The number of rotatable bonds is 3. The van der Waals surface area contributed by atoms with Crippen LogP contribution in [-0.2, 0) is 0 Å². The Kier molecular flexibility index (Phi) is 4.22. The van der Waals surface area contributed by atoms with Crippen LogP contribution < -0.4 is 5.32 Å². The molecule has 0 saturated heterocycles. The summed E-state index contributed by atoms with van der Waals surface area (Å²) < 4.78 is 0. The molecule has 2 atom stereocenters. The lowest BCUT2D eigenvalue weighted by atomic mass is 9.79. The maximum Gasteiger partial charge on any atom is 0.0133 e. The van der Waals surface area contributed by atoms with Gasteiger partial charge in [-0.05, 0) is 42.9 Å². The van der Waals surface area contributed by atoms with Gasteiger partial charge in [0.2, 0.25) is 0 Å². The van der Waals surface area contributed by atoms with Crippen LogP contribution in [0.3, 0.4) is 0 Å². The molecule has 0 aromatic heterocycles. The van der Waals surface area contributed by atoms with E-state index in [1.54, 1.807) is 0 Å². The maximum absolute atomic E-state index is 3.49. The van der Waals surface area contributed by atoms with Gasteiger partial charge >= 0.3 is 0 Å². The predicted octanol–water partition coefficient (Wildman–Crippen LogP) is 4.06. The molecule has 0 radical (unpaired) electrons. The molecule has 0 bridgehead atoms. The lowest BCUT2D eigenvalue weighted by Gasteiger charge is -2.31. The molecule has 1 aromatic rings. The monoisotopic (exact) mass is 231 g/mol. The van der Waals surface area contributed by atoms with Crippen molar-refractivity contribution in [1.82, 2.24) is 5.32 Å². The van der Waals surface area contributed by atoms with Crippen molar-refractivity contribution in [3.05, 3.63) is 35.4 Å². The molecule has 1 aromatic carbocycles. The van der Waals surface area contributed by atoms with Crippen molar-refractivity contribution < 1.29 is 0 Å². The molecule has 1 aliphatic carbocycles. The van der Waals surface area contributed by atoms with Gasteiger partial charge in [-0.3, -0.25) is 0 Å². The Bertz CT molecular complexity index is 339. The van der Waals surface area contributed by atoms with Gasteiger partial charge in [0.15, 0.2) is 0 Å². The first-order valence-corrected chi connectivity index (χ1v) is 6.99. The van der Waals surface area contributed by atoms with E-state index in [1.807, 2.05) is 0 Å². The third-order valence-electron chi connectivity index (χ3n) is 4.17. The highest BCUT2D eigenvalue weighted by molar-refractivity contribution is 5.28. The number of nitrogens with one attached hydrogen (secondary N) is 1. The standard InChI is InChI=1S/C16H25N/c1-12(2)13-8-10-14(11-9-13)15-6-4-5-7-16(15)17-3/h8-12,15-17H,4-7H2,1-3H3. The van der Waals surface area contributed by atoms with Gasteiger partial charge in [0.25, 0.3) is 0 Å². The molecule has 0 amide bonds. The minimum Gasteiger partial charge on any atom is -0.316 e. The largest absolute Gasteiger partial charge is 0.316 e. The fourth-order valence-electron chi connectivity index (χ4n) is 3.00. The summed E-state index contributed by atoms with van der Waals surface area (Å²) in [6, 6.07) is 9.97. The van der Waals surface area contributed by atoms with Crippen molar-refractivity contribution in [2.24, 2.45) is 0 Å². The maximum atomic E-state index is 3.49. The van der Waals surface area contributed by atoms with Crippen LogP contribution in [0.4, 0.5) is 0 Å². The second-order valence-electron chi connectivity index (χ2n) is 5.61. The molecule has 0 aliphatic heterocycles. The first-order valence-electron chi connectivity index (χ1n) is 6.99. The van der Waals surface area contributed by atoms with E-state index in [-0.39, 0.29) is 0 Å². The molecule has 0 spiro atoms. The van der Waals surface area contributed by atoms with E-state index in [2.05, 4.69) is 50.5 Å². The first-order chi connectivity index (χ1) is 8.22. The van der Waals surface area contributed by atoms with Gasteiger partial charge in [-0.25, -0.2) is 0 Å². The van der Waals surface area contributed by atoms with Crippen molar-refractivity contribution in [2.75, 3.05) is 7.05 Å². The zero-order chi connectivity index (χ0) is 12.3. The number of hydrogen-bond acceptors (Lipinski definition) is 1. The topological polar surface area (TPSA) is 12.0 Å². The normalized spacial score (nSPS) is 25.2. The lowest BCUT2D eigenvalue weighted by molar-refractivity contribution is 0.344. The van der Waals surface area contributed by atoms with E-state index >= 15 is 0 Å². The van der Waals surface area contributed by atoms with Gasteiger partial charge in [-0.15, -0.1) is 0 Å². The van der Waals surface area contributed by atoms with Gasteiger partial charge in [-0.2, -0.15) is 0 Å². The van der Waals surface area contributed by atoms with E-state index < -0.39 is 0 Å². The van der Waals surface area contributed by atoms with Crippen molar-refractivity contribution in [3.63, 3.8) is 0 Å². The van der Waals surface area contributed by atoms with Crippen molar-refractivity contribution in [3.8, 4) is 0 Å². The van der Waals surface area contributed by atoms with E-state index in [0.717, 1.165) is 5.92 Å². The highest BCUT2D eigenvalue weighted by atomic mass is 14.9. The summed E-state index contributed by atoms with van der Waals surface area (Å²) >= 11 is 0. The molecule has 1 fully saturated rings. The van der Waals surface area contributed by atoms with E-state index in [1.165, 1.54) is 36.8 Å². The zero-order valence-corrected chi connectivity index (χ0v) is 11.4. The summed E-state index contributed by atoms with van der Waals surface area (Å²) in [6.07, 6.45) is 5.43. The Morgan fingerprint density at radius 2 is 1.71 bits per heavy atom. The molecule has 17 heavy (non-hydrogen) atoms. The zero-order valence-electron chi connectivity index (χ0n) is 11.4. The van der Waals surface area contributed by atoms with Gasteiger partial charge in [-0.1, -0.05) is 51.0 Å². The number of benzene rings is 1. The molecular formula is C16H25N. The average Bonchev–Trinajstić information content (AvgIpc) is 2.39. The first kappa shape index (κ1) is 12.6. The van der Waals surface area contributed by atoms with Crippen LogP contribution in [0.25, 0.3) is 0 Å². The summed E-state index contributed by atoms with van der Waals surface area (Å²) in [4.78, 5) is 0. The minimum absolute atomic E-state index is 0.635. The Morgan fingerprint density at radius 1 is 1.06 bits per heavy atom. The van der Waals surface area contributed by atoms with E-state index in [0.29, 0.717) is 12.0 Å². The van der Waals surface area contributed by atoms with Crippen molar-refractivity contribution >= 4 is 0 Å². The van der Waals surface area contributed by atoms with Crippen LogP contribution in [0, 0.1) is 0 Å². The molecule has 2 unspecified atom stereocenters. The molecule has 1 nitrogen and oxygen atoms in total. The summed E-state index contributed by atoms with van der Waals surface area (Å²) in [6.45, 7) is 4.51. The van der Waals surface area contributed by atoms with Gasteiger partial charge in [0.05, 0.1) is 0 Å². The Hall–Kier alpha value is -0.820.